The molecule has 0 radical (unpaired) electrons. The molecule has 3 nitrogen and oxygen atoms in total. The SMILES string of the molecule is CN1Cc2cc(C(Cl)CC3CCCCC3)ccc2NC1=O. The van der Waals surface area contributed by atoms with Gasteiger partial charge in [0.2, 0.25) is 0 Å². The molecule has 1 atom stereocenters. The van der Waals surface area contributed by atoms with E-state index in [4.69, 9.17) is 11.6 Å². The number of benzene rings is 1. The largest absolute Gasteiger partial charge is 0.323 e. The van der Waals surface area contributed by atoms with Crippen LogP contribution >= 0.6 is 11.6 Å². The van der Waals surface area contributed by atoms with Crippen LogP contribution in [0.15, 0.2) is 18.2 Å². The topological polar surface area (TPSA) is 32.3 Å². The summed E-state index contributed by atoms with van der Waals surface area (Å²) in [4.78, 5) is 13.3. The number of urea groups is 1. The highest BCUT2D eigenvalue weighted by molar-refractivity contribution is 6.20. The van der Waals surface area contributed by atoms with Gasteiger partial charge in [-0.15, -0.1) is 11.6 Å². The van der Waals surface area contributed by atoms with Gasteiger partial charge in [0.1, 0.15) is 0 Å². The van der Waals surface area contributed by atoms with E-state index < -0.39 is 0 Å². The van der Waals surface area contributed by atoms with Gasteiger partial charge >= 0.3 is 6.03 Å². The number of nitrogens with zero attached hydrogens (tertiary/aromatic N) is 1. The van der Waals surface area contributed by atoms with E-state index in [0.29, 0.717) is 6.54 Å². The van der Waals surface area contributed by atoms with Gasteiger partial charge < -0.3 is 10.2 Å². The van der Waals surface area contributed by atoms with Gasteiger partial charge in [-0.1, -0.05) is 44.2 Å². The molecule has 3 rings (SSSR count). The van der Waals surface area contributed by atoms with E-state index >= 15 is 0 Å². The van der Waals surface area contributed by atoms with Crippen molar-refractivity contribution < 1.29 is 4.79 Å². The number of nitrogens with one attached hydrogen (secondary N) is 1. The summed E-state index contributed by atoms with van der Waals surface area (Å²) in [6, 6.07) is 6.17. The number of hydrogen-bond donors (Lipinski definition) is 1. The molecule has 21 heavy (non-hydrogen) atoms. The summed E-state index contributed by atoms with van der Waals surface area (Å²) in [6.45, 7) is 0.655. The van der Waals surface area contributed by atoms with Crippen LogP contribution in [-0.2, 0) is 6.54 Å². The number of halogens is 1. The van der Waals surface area contributed by atoms with E-state index in [2.05, 4.69) is 17.4 Å². The molecule has 1 fully saturated rings. The normalized spacial score (nSPS) is 20.9. The highest BCUT2D eigenvalue weighted by Gasteiger charge is 2.22. The minimum Gasteiger partial charge on any atom is -0.323 e. The van der Waals surface area contributed by atoms with Crippen molar-refractivity contribution in [2.75, 3.05) is 12.4 Å². The van der Waals surface area contributed by atoms with Gasteiger partial charge in [0.15, 0.2) is 0 Å². The Balaban J connectivity index is 1.70. The summed E-state index contributed by atoms with van der Waals surface area (Å²) in [5.41, 5.74) is 3.26. The summed E-state index contributed by atoms with van der Waals surface area (Å²) < 4.78 is 0. The van der Waals surface area contributed by atoms with Crippen LogP contribution in [0.4, 0.5) is 10.5 Å². The Bertz CT molecular complexity index is 526. The molecule has 1 N–H and O–H groups in total. The first-order valence-electron chi connectivity index (χ1n) is 7.92. The second-order valence-corrected chi connectivity index (χ2v) is 6.94. The van der Waals surface area contributed by atoms with Gasteiger partial charge in [0.05, 0.1) is 5.38 Å². The van der Waals surface area contributed by atoms with Gasteiger partial charge in [0, 0.05) is 19.3 Å². The molecular formula is C17H23ClN2O. The van der Waals surface area contributed by atoms with Crippen LogP contribution in [0.1, 0.15) is 55.0 Å². The molecule has 0 bridgehead atoms. The van der Waals surface area contributed by atoms with Gasteiger partial charge in [0.25, 0.3) is 0 Å². The molecule has 1 aromatic carbocycles. The summed E-state index contributed by atoms with van der Waals surface area (Å²) in [6.07, 6.45) is 7.82. The van der Waals surface area contributed by atoms with E-state index in [-0.39, 0.29) is 11.4 Å². The maximum atomic E-state index is 11.6. The Kier molecular flexibility index (Phi) is 4.39. The van der Waals surface area contributed by atoms with Crippen LogP contribution in [0.3, 0.4) is 0 Å². The molecule has 0 aromatic heterocycles. The minimum absolute atomic E-state index is 0.0418. The average Bonchev–Trinajstić information content (AvgIpc) is 2.49. The Hall–Kier alpha value is -1.22. The van der Waals surface area contributed by atoms with Gasteiger partial charge in [-0.05, 0) is 29.5 Å². The number of rotatable bonds is 3. The Labute approximate surface area is 131 Å². The zero-order chi connectivity index (χ0) is 14.8. The van der Waals surface area contributed by atoms with E-state index in [9.17, 15) is 4.79 Å². The molecule has 114 valence electrons. The Morgan fingerprint density at radius 2 is 2.10 bits per heavy atom. The van der Waals surface area contributed by atoms with E-state index in [1.165, 1.54) is 37.7 Å². The van der Waals surface area contributed by atoms with Crippen LogP contribution in [0.25, 0.3) is 0 Å². The Morgan fingerprint density at radius 3 is 2.86 bits per heavy atom. The molecule has 1 heterocycles. The van der Waals surface area contributed by atoms with Crippen LogP contribution in [0.5, 0.6) is 0 Å². The highest BCUT2D eigenvalue weighted by atomic mass is 35.5. The summed E-state index contributed by atoms with van der Waals surface area (Å²) in [5.74, 6) is 0.777. The Morgan fingerprint density at radius 1 is 1.33 bits per heavy atom. The lowest BCUT2D eigenvalue weighted by atomic mass is 9.85. The van der Waals surface area contributed by atoms with Crippen molar-refractivity contribution in [2.24, 2.45) is 5.92 Å². The first-order chi connectivity index (χ1) is 10.1. The van der Waals surface area contributed by atoms with Crippen LogP contribution in [0.2, 0.25) is 0 Å². The van der Waals surface area contributed by atoms with Gasteiger partial charge in [-0.3, -0.25) is 0 Å². The maximum absolute atomic E-state index is 11.6. The molecule has 4 heteroatoms. The fourth-order valence-electron chi connectivity index (χ4n) is 3.45. The average molecular weight is 307 g/mol. The van der Waals surface area contributed by atoms with Gasteiger partial charge in [-0.25, -0.2) is 4.79 Å². The van der Waals surface area contributed by atoms with E-state index in [0.717, 1.165) is 23.6 Å². The number of amides is 2. The zero-order valence-electron chi connectivity index (χ0n) is 12.6. The van der Waals surface area contributed by atoms with Crippen molar-refractivity contribution in [3.8, 4) is 0 Å². The van der Waals surface area contributed by atoms with E-state index in [1.807, 2.05) is 13.1 Å². The first-order valence-corrected chi connectivity index (χ1v) is 8.36. The van der Waals surface area contributed by atoms with Crippen LogP contribution in [-0.4, -0.2) is 18.0 Å². The van der Waals surface area contributed by atoms with Crippen LogP contribution in [0, 0.1) is 5.92 Å². The highest BCUT2D eigenvalue weighted by Crippen LogP contribution is 2.36. The summed E-state index contributed by atoms with van der Waals surface area (Å²) in [5, 5.41) is 2.99. The fourth-order valence-corrected chi connectivity index (χ4v) is 3.84. The molecule has 2 aliphatic rings. The summed E-state index contributed by atoms with van der Waals surface area (Å²) >= 11 is 6.65. The first kappa shape index (κ1) is 14.7. The molecule has 0 spiro atoms. The number of fused-ring (bicyclic) bond motifs is 1. The third-order valence-electron chi connectivity index (χ3n) is 4.75. The molecular weight excluding hydrogens is 284 g/mol. The second-order valence-electron chi connectivity index (χ2n) is 6.41. The summed E-state index contributed by atoms with van der Waals surface area (Å²) in [7, 11) is 1.81. The minimum atomic E-state index is -0.0418. The molecule has 1 saturated carbocycles. The molecule has 1 unspecified atom stereocenters. The third-order valence-corrected chi connectivity index (χ3v) is 5.18. The van der Waals surface area contributed by atoms with Crippen molar-refractivity contribution >= 4 is 23.3 Å². The molecule has 2 amide bonds. The smallest absolute Gasteiger partial charge is 0.321 e. The monoisotopic (exact) mass is 306 g/mol. The molecule has 0 saturated heterocycles. The lowest BCUT2D eigenvalue weighted by molar-refractivity contribution is 0.218. The molecule has 1 aromatic rings. The van der Waals surface area contributed by atoms with E-state index in [1.54, 1.807) is 4.90 Å². The second kappa shape index (κ2) is 6.27. The fraction of sp³-hybridized carbons (Fsp3) is 0.588. The molecule has 1 aliphatic carbocycles. The van der Waals surface area contributed by atoms with Crippen molar-refractivity contribution in [2.45, 2.75) is 50.4 Å². The quantitative estimate of drug-likeness (QED) is 0.790. The number of carbonyl (C=O) groups excluding carboxylic acids is 1. The lowest BCUT2D eigenvalue weighted by Crippen LogP contribution is -2.35. The maximum Gasteiger partial charge on any atom is 0.321 e. The standard InChI is InChI=1S/C17H23ClN2O/c1-20-11-14-10-13(7-8-16(14)19-17(20)21)15(18)9-12-5-3-2-4-6-12/h7-8,10,12,15H,2-6,9,11H2,1H3,(H,19,21). The predicted octanol–water partition coefficient (Wildman–Crippen LogP) is 4.91. The van der Waals surface area contributed by atoms with Gasteiger partial charge in [-0.2, -0.15) is 0 Å². The third kappa shape index (κ3) is 3.34. The lowest BCUT2D eigenvalue weighted by Gasteiger charge is -2.27. The zero-order valence-corrected chi connectivity index (χ0v) is 13.3. The van der Waals surface area contributed by atoms with Crippen molar-refractivity contribution in [1.29, 1.82) is 0 Å². The number of carbonyl (C=O) groups is 1. The van der Waals surface area contributed by atoms with Crippen molar-refractivity contribution in [3.63, 3.8) is 0 Å². The predicted molar refractivity (Wildman–Crippen MR) is 86.7 cm³/mol. The number of alkyl halides is 1. The number of hydrogen-bond acceptors (Lipinski definition) is 1. The van der Waals surface area contributed by atoms with Crippen LogP contribution < -0.4 is 5.32 Å². The molecule has 1 aliphatic heterocycles. The van der Waals surface area contributed by atoms with Crippen molar-refractivity contribution in [1.82, 2.24) is 4.90 Å². The number of anilines is 1. The van der Waals surface area contributed by atoms with Crippen molar-refractivity contribution in [3.05, 3.63) is 29.3 Å².